The molecule has 0 atom stereocenters. The first kappa shape index (κ1) is 32.4. The molecule has 1 heterocycles. The molecule has 0 saturated carbocycles. The molecule has 238 valence electrons. The van der Waals surface area contributed by atoms with Crippen LogP contribution >= 0.6 is 0 Å². The fourth-order valence-corrected chi connectivity index (χ4v) is 8.99. The second-order valence-electron chi connectivity index (χ2n) is 14.5. The first-order chi connectivity index (χ1) is 25.3. The van der Waals surface area contributed by atoms with E-state index in [1.165, 1.54) is 92.8 Å². The van der Waals surface area contributed by atoms with E-state index in [2.05, 4.69) is 187 Å². The van der Waals surface area contributed by atoms with Gasteiger partial charge in [-0.2, -0.15) is 0 Å². The third-order valence-electron chi connectivity index (χ3n) is 11.9. The van der Waals surface area contributed by atoms with Crippen molar-refractivity contribution < 1.29 is 0 Å². The lowest BCUT2D eigenvalue weighted by Crippen LogP contribution is -2.52. The zero-order chi connectivity index (χ0) is 35.8. The fourth-order valence-electron chi connectivity index (χ4n) is 8.99. The average molecular weight is 655 g/mol. The molecule has 0 amide bonds. The van der Waals surface area contributed by atoms with Crippen molar-refractivity contribution in [2.45, 2.75) is 0 Å². The topological polar surface area (TPSA) is 17.8 Å². The van der Waals surface area contributed by atoms with Gasteiger partial charge in [-0.25, -0.2) is 4.98 Å². The van der Waals surface area contributed by atoms with Crippen LogP contribution in [0.1, 0.15) is 0 Å². The Morgan fingerprint density at radius 2 is 0.885 bits per heavy atom. The summed E-state index contributed by atoms with van der Waals surface area (Å²) in [6, 6.07) is 46.0. The zero-order valence-corrected chi connectivity index (χ0v) is 31.0. The number of hydrogen-bond donors (Lipinski definition) is 0. The van der Waals surface area contributed by atoms with Crippen molar-refractivity contribution in [1.82, 2.24) is 9.55 Å². The smallest absolute Gasteiger partial charge is 0.145 e. The van der Waals surface area contributed by atoms with Crippen LogP contribution in [0.2, 0.25) is 0 Å². The lowest BCUT2D eigenvalue weighted by molar-refractivity contribution is 1.10. The van der Waals surface area contributed by atoms with Crippen LogP contribution in [0.25, 0.3) is 82.7 Å². The van der Waals surface area contributed by atoms with Crippen molar-refractivity contribution in [3.05, 3.63) is 127 Å². The summed E-state index contributed by atoms with van der Waals surface area (Å²) in [5, 5.41) is 7.90. The Balaban J connectivity index is 1.35. The lowest BCUT2D eigenvalue weighted by Gasteiger charge is -2.26. The first-order valence-corrected chi connectivity index (χ1v) is 18.3. The molecule has 0 N–H and O–H groups in total. The van der Waals surface area contributed by atoms with Crippen LogP contribution in [0, 0.1) is 0 Å². The molecule has 0 fully saturated rings. The summed E-state index contributed by atoms with van der Waals surface area (Å²) in [4.78, 5) is 5.21. The van der Waals surface area contributed by atoms with Gasteiger partial charge in [0.2, 0.25) is 0 Å². The van der Waals surface area contributed by atoms with Crippen LogP contribution in [0.3, 0.4) is 0 Å². The molecule has 0 aliphatic carbocycles. The van der Waals surface area contributed by atoms with Gasteiger partial charge in [0.15, 0.2) is 0 Å². The van der Waals surface area contributed by atoms with Crippen molar-refractivity contribution in [1.29, 1.82) is 0 Å². The number of imidazole rings is 1. The van der Waals surface area contributed by atoms with Gasteiger partial charge in [-0.05, 0) is 84.9 Å². The van der Waals surface area contributed by atoms with Gasteiger partial charge in [0.1, 0.15) is 60.7 Å². The summed E-state index contributed by atoms with van der Waals surface area (Å²) in [7, 11) is 16.2. The molecular formula is C43H35B7N2. The second-order valence-corrected chi connectivity index (χ2v) is 14.5. The predicted molar refractivity (Wildman–Crippen MR) is 247 cm³/mol. The molecule has 52 heavy (non-hydrogen) atoms. The van der Waals surface area contributed by atoms with E-state index in [1.807, 2.05) is 0 Å². The Morgan fingerprint density at radius 3 is 1.52 bits per heavy atom. The highest BCUT2D eigenvalue weighted by atomic mass is 15.1. The zero-order valence-electron chi connectivity index (χ0n) is 31.0. The molecule has 2 nitrogen and oxygen atoms in total. The largest absolute Gasteiger partial charge is 0.292 e. The number of hydrogen-bond acceptors (Lipinski definition) is 1. The molecule has 0 unspecified atom stereocenters. The second kappa shape index (κ2) is 12.3. The van der Waals surface area contributed by atoms with E-state index in [0.717, 1.165) is 28.1 Å². The molecule has 9 heteroatoms. The van der Waals surface area contributed by atoms with Crippen molar-refractivity contribution in [3.8, 4) is 39.3 Å². The normalized spacial score (nSPS) is 11.6. The summed E-state index contributed by atoms with van der Waals surface area (Å²) in [5.74, 6) is 0.938. The summed E-state index contributed by atoms with van der Waals surface area (Å²) in [6.45, 7) is 0. The summed E-state index contributed by atoms with van der Waals surface area (Å²) in [6.07, 6.45) is 0. The number of para-hydroxylation sites is 3. The van der Waals surface area contributed by atoms with Crippen molar-refractivity contribution in [3.63, 3.8) is 0 Å². The maximum atomic E-state index is 5.21. The van der Waals surface area contributed by atoms with Gasteiger partial charge >= 0.3 is 0 Å². The molecule has 0 radical (unpaired) electrons. The van der Waals surface area contributed by atoms with E-state index in [1.54, 1.807) is 0 Å². The van der Waals surface area contributed by atoms with E-state index >= 15 is 0 Å². The van der Waals surface area contributed by atoms with Gasteiger partial charge in [0.25, 0.3) is 0 Å². The molecule has 1 aromatic heterocycles. The summed E-state index contributed by atoms with van der Waals surface area (Å²) < 4.78 is 2.29. The monoisotopic (exact) mass is 656 g/mol. The third-order valence-corrected chi connectivity index (χ3v) is 11.9. The van der Waals surface area contributed by atoms with Crippen LogP contribution in [-0.4, -0.2) is 64.5 Å². The quantitative estimate of drug-likeness (QED) is 0.181. The van der Waals surface area contributed by atoms with Crippen LogP contribution < -0.4 is 38.2 Å². The SMILES string of the molecule is Bc1c(B)c(B)c2c(B)c(-c3c4ccccc4c(-c4cccc(-c5nc6ccccc6n5-c5ccccc5)c4)c4ccccc34)c(B)c(B)c2c1B. The number of fused-ring (bicyclic) bond motifs is 4. The highest BCUT2D eigenvalue weighted by molar-refractivity contribution is 6.72. The van der Waals surface area contributed by atoms with E-state index in [0.29, 0.717) is 0 Å². The number of benzene rings is 8. The van der Waals surface area contributed by atoms with Gasteiger partial charge in [-0.15, -0.1) is 10.9 Å². The minimum atomic E-state index is 0.938. The Kier molecular flexibility index (Phi) is 7.66. The van der Waals surface area contributed by atoms with Crippen molar-refractivity contribution in [2.24, 2.45) is 0 Å². The van der Waals surface area contributed by atoms with Crippen LogP contribution in [0.15, 0.2) is 127 Å². The predicted octanol–water partition coefficient (Wildman–Crippen LogP) is -0.705. The third kappa shape index (κ3) is 4.72. The van der Waals surface area contributed by atoms with Gasteiger partial charge < -0.3 is 0 Å². The van der Waals surface area contributed by atoms with E-state index in [4.69, 9.17) is 4.98 Å². The molecule has 0 aliphatic rings. The number of rotatable bonds is 4. The molecule has 0 bridgehead atoms. The van der Waals surface area contributed by atoms with Crippen molar-refractivity contribution in [2.75, 3.05) is 0 Å². The summed E-state index contributed by atoms with van der Waals surface area (Å²) >= 11 is 0. The molecule has 0 saturated heterocycles. The summed E-state index contributed by atoms with van der Waals surface area (Å²) in [5.41, 5.74) is 19.1. The Bertz CT molecular complexity index is 2880. The molecule has 9 rings (SSSR count). The van der Waals surface area contributed by atoms with Gasteiger partial charge in [0, 0.05) is 11.3 Å². The van der Waals surface area contributed by atoms with E-state index in [9.17, 15) is 0 Å². The van der Waals surface area contributed by atoms with Crippen molar-refractivity contribution >= 4 is 137 Å². The fraction of sp³-hybridized carbons (Fsp3) is 0. The number of aromatic nitrogens is 2. The first-order valence-electron chi connectivity index (χ1n) is 18.3. The Morgan fingerprint density at radius 1 is 0.385 bits per heavy atom. The van der Waals surface area contributed by atoms with E-state index in [-0.39, 0.29) is 0 Å². The van der Waals surface area contributed by atoms with Gasteiger partial charge in [-0.3, -0.25) is 4.57 Å². The number of nitrogens with zero attached hydrogens (tertiary/aromatic N) is 2. The highest BCUT2D eigenvalue weighted by Crippen LogP contribution is 2.44. The minimum Gasteiger partial charge on any atom is -0.292 e. The minimum absolute atomic E-state index is 0.938. The van der Waals surface area contributed by atoms with Crippen LogP contribution in [0.5, 0.6) is 0 Å². The van der Waals surface area contributed by atoms with Gasteiger partial charge in [-0.1, -0.05) is 124 Å². The molecule has 9 aromatic rings. The Hall–Kier alpha value is -5.54. The highest BCUT2D eigenvalue weighted by Gasteiger charge is 2.23. The standard InChI is InChI=1S/C43H35B7N2/c44-36-33(37(45)38(46)35-34(36)39(47)41(49)42(50)40(35)48)32-27-17-6-4-15-25(27)31(26-16-5-7-18-28(26)32)22-11-10-12-23(21-22)43-51-29-19-8-9-20-30(29)52(43)24-13-2-1-3-14-24/h1-21H,44-50H2. The maximum Gasteiger partial charge on any atom is 0.145 e. The maximum absolute atomic E-state index is 5.21. The molecular weight excluding hydrogens is 620 g/mol. The lowest BCUT2D eigenvalue weighted by atomic mass is 9.58. The average Bonchev–Trinajstić information content (AvgIpc) is 3.57. The molecule has 0 aliphatic heterocycles. The Labute approximate surface area is 311 Å². The van der Waals surface area contributed by atoms with Crippen LogP contribution in [-0.2, 0) is 0 Å². The van der Waals surface area contributed by atoms with Crippen LogP contribution in [0.4, 0.5) is 0 Å². The van der Waals surface area contributed by atoms with Gasteiger partial charge in [0.05, 0.1) is 11.0 Å². The molecule has 0 spiro atoms. The van der Waals surface area contributed by atoms with E-state index < -0.39 is 0 Å². The molecule has 8 aromatic carbocycles.